The third-order valence-corrected chi connectivity index (χ3v) is 2.74. The number of amides is 2. The third-order valence-electron chi connectivity index (χ3n) is 2.74. The maximum Gasteiger partial charge on any atom is 0.315 e. The van der Waals surface area contributed by atoms with Crippen molar-refractivity contribution in [2.24, 2.45) is 5.92 Å². The van der Waals surface area contributed by atoms with Crippen molar-refractivity contribution >= 4 is 12.0 Å². The van der Waals surface area contributed by atoms with E-state index in [0.717, 1.165) is 11.3 Å². The highest BCUT2D eigenvalue weighted by Crippen LogP contribution is 2.11. The van der Waals surface area contributed by atoms with E-state index in [-0.39, 0.29) is 18.4 Å². The molecule has 0 bridgehead atoms. The van der Waals surface area contributed by atoms with Gasteiger partial charge in [0.1, 0.15) is 5.76 Å². The van der Waals surface area contributed by atoms with Crippen molar-refractivity contribution in [2.45, 2.75) is 33.7 Å². The van der Waals surface area contributed by atoms with Crippen LogP contribution in [0.4, 0.5) is 4.79 Å². The molecule has 3 N–H and O–H groups in total. The van der Waals surface area contributed by atoms with Crippen molar-refractivity contribution in [3.8, 4) is 0 Å². The second-order valence-corrected chi connectivity index (χ2v) is 4.57. The molecule has 7 heteroatoms. The predicted molar refractivity (Wildman–Crippen MR) is 67.6 cm³/mol. The summed E-state index contributed by atoms with van der Waals surface area (Å²) in [7, 11) is 0. The van der Waals surface area contributed by atoms with E-state index >= 15 is 0 Å². The van der Waals surface area contributed by atoms with E-state index in [9.17, 15) is 9.59 Å². The van der Waals surface area contributed by atoms with Gasteiger partial charge in [-0.3, -0.25) is 4.79 Å². The lowest BCUT2D eigenvalue weighted by Gasteiger charge is -2.11. The van der Waals surface area contributed by atoms with Crippen LogP contribution < -0.4 is 10.6 Å². The molecule has 0 aliphatic rings. The summed E-state index contributed by atoms with van der Waals surface area (Å²) >= 11 is 0. The lowest BCUT2D eigenvalue weighted by molar-refractivity contribution is -0.137. The fraction of sp³-hybridized carbons (Fsp3) is 0.583. The number of urea groups is 1. The largest absolute Gasteiger partial charge is 0.481 e. The first-order chi connectivity index (χ1) is 8.90. The van der Waals surface area contributed by atoms with E-state index in [2.05, 4.69) is 15.8 Å². The monoisotopic (exact) mass is 269 g/mol. The van der Waals surface area contributed by atoms with Gasteiger partial charge in [-0.25, -0.2) is 4.79 Å². The number of aliphatic carboxylic acids is 1. The van der Waals surface area contributed by atoms with Gasteiger partial charge >= 0.3 is 12.0 Å². The van der Waals surface area contributed by atoms with Crippen LogP contribution in [0.5, 0.6) is 0 Å². The molecule has 0 saturated heterocycles. The van der Waals surface area contributed by atoms with Crippen molar-refractivity contribution in [3.05, 3.63) is 17.0 Å². The van der Waals surface area contributed by atoms with Crippen LogP contribution in [-0.4, -0.2) is 28.8 Å². The normalized spacial score (nSPS) is 11.9. The summed E-state index contributed by atoms with van der Waals surface area (Å²) in [4.78, 5) is 22.0. The van der Waals surface area contributed by atoms with Crippen LogP contribution in [0.2, 0.25) is 0 Å². The Labute approximate surface area is 111 Å². The number of carboxylic acids is 1. The number of carbonyl (C=O) groups is 2. The molecule has 0 aromatic carbocycles. The summed E-state index contributed by atoms with van der Waals surface area (Å²) in [5.74, 6) is -0.301. The highest BCUT2D eigenvalue weighted by molar-refractivity contribution is 5.74. The Kier molecular flexibility index (Phi) is 5.35. The van der Waals surface area contributed by atoms with Crippen LogP contribution >= 0.6 is 0 Å². The Morgan fingerprint density at radius 1 is 1.37 bits per heavy atom. The van der Waals surface area contributed by atoms with Crippen LogP contribution in [0.3, 0.4) is 0 Å². The maximum atomic E-state index is 11.5. The van der Waals surface area contributed by atoms with Crippen molar-refractivity contribution in [1.82, 2.24) is 15.8 Å². The number of nitrogens with zero attached hydrogens (tertiary/aromatic N) is 1. The van der Waals surface area contributed by atoms with E-state index in [1.165, 1.54) is 0 Å². The number of carbonyl (C=O) groups excluding carboxylic acids is 1. The van der Waals surface area contributed by atoms with Crippen LogP contribution in [0, 0.1) is 19.8 Å². The molecular formula is C12H19N3O4. The van der Waals surface area contributed by atoms with Gasteiger partial charge in [0.25, 0.3) is 0 Å². The molecule has 1 aromatic rings. The van der Waals surface area contributed by atoms with Gasteiger partial charge in [-0.05, 0) is 19.8 Å². The Balaban J connectivity index is 2.31. The molecule has 106 valence electrons. The Morgan fingerprint density at radius 2 is 2.05 bits per heavy atom. The van der Waals surface area contributed by atoms with E-state index < -0.39 is 5.97 Å². The van der Waals surface area contributed by atoms with Gasteiger partial charge < -0.3 is 20.3 Å². The SMILES string of the molecule is Cc1noc(C)c1CNC(=O)NCC(C)CC(=O)O. The zero-order valence-electron chi connectivity index (χ0n) is 11.3. The first-order valence-corrected chi connectivity index (χ1v) is 6.05. The topological polar surface area (TPSA) is 104 Å². The summed E-state index contributed by atoms with van der Waals surface area (Å²) in [6.07, 6.45) is 0.0319. The van der Waals surface area contributed by atoms with E-state index in [1.54, 1.807) is 20.8 Å². The number of carboxylic acid groups (broad SMARTS) is 1. The van der Waals surface area contributed by atoms with Crippen LogP contribution in [0.25, 0.3) is 0 Å². The molecule has 1 atom stereocenters. The molecule has 1 heterocycles. The molecule has 1 unspecified atom stereocenters. The number of aromatic nitrogens is 1. The minimum absolute atomic E-state index is 0.0319. The van der Waals surface area contributed by atoms with Crippen LogP contribution in [-0.2, 0) is 11.3 Å². The second-order valence-electron chi connectivity index (χ2n) is 4.57. The van der Waals surface area contributed by atoms with Gasteiger partial charge in [0, 0.05) is 25.1 Å². The molecular weight excluding hydrogens is 250 g/mol. The molecule has 1 rings (SSSR count). The minimum Gasteiger partial charge on any atom is -0.481 e. The number of hydrogen-bond donors (Lipinski definition) is 3. The Hall–Kier alpha value is -2.05. The standard InChI is InChI=1S/C12H19N3O4/c1-7(4-11(16)17)5-13-12(18)14-6-10-8(2)15-19-9(10)3/h7H,4-6H2,1-3H3,(H,16,17)(H2,13,14,18). The first kappa shape index (κ1) is 15.0. The van der Waals surface area contributed by atoms with Gasteiger partial charge in [0.15, 0.2) is 0 Å². The van der Waals surface area contributed by atoms with Gasteiger partial charge in [0.2, 0.25) is 0 Å². The fourth-order valence-corrected chi connectivity index (χ4v) is 1.62. The minimum atomic E-state index is -0.870. The molecule has 0 saturated carbocycles. The van der Waals surface area contributed by atoms with Gasteiger partial charge in [-0.1, -0.05) is 12.1 Å². The maximum absolute atomic E-state index is 11.5. The summed E-state index contributed by atoms with van der Waals surface area (Å²) < 4.78 is 4.98. The molecule has 7 nitrogen and oxygen atoms in total. The van der Waals surface area contributed by atoms with E-state index in [1.807, 2.05) is 0 Å². The predicted octanol–water partition coefficient (Wildman–Crippen LogP) is 1.20. The van der Waals surface area contributed by atoms with Crippen molar-refractivity contribution in [2.75, 3.05) is 6.54 Å². The average molecular weight is 269 g/mol. The van der Waals surface area contributed by atoms with Gasteiger partial charge in [0.05, 0.1) is 5.69 Å². The zero-order valence-corrected chi connectivity index (χ0v) is 11.3. The molecule has 0 aliphatic carbocycles. The van der Waals surface area contributed by atoms with Gasteiger partial charge in [-0.2, -0.15) is 0 Å². The number of nitrogens with one attached hydrogen (secondary N) is 2. The average Bonchev–Trinajstić information content (AvgIpc) is 2.63. The van der Waals surface area contributed by atoms with E-state index in [4.69, 9.17) is 9.63 Å². The number of hydrogen-bond acceptors (Lipinski definition) is 4. The lowest BCUT2D eigenvalue weighted by atomic mass is 10.1. The first-order valence-electron chi connectivity index (χ1n) is 6.05. The quantitative estimate of drug-likeness (QED) is 0.719. The summed E-state index contributed by atoms with van der Waals surface area (Å²) in [5, 5.41) is 17.7. The van der Waals surface area contributed by atoms with Crippen molar-refractivity contribution in [1.29, 1.82) is 0 Å². The summed E-state index contributed by atoms with van der Waals surface area (Å²) in [6, 6.07) is -0.336. The molecule has 1 aromatic heterocycles. The summed E-state index contributed by atoms with van der Waals surface area (Å²) in [5.41, 5.74) is 1.60. The molecule has 0 fully saturated rings. The third kappa shape index (κ3) is 4.99. The Bertz CT molecular complexity index is 436. The zero-order chi connectivity index (χ0) is 14.4. The summed E-state index contributed by atoms with van der Waals surface area (Å²) in [6.45, 7) is 6.01. The van der Waals surface area contributed by atoms with Crippen molar-refractivity contribution in [3.63, 3.8) is 0 Å². The smallest absolute Gasteiger partial charge is 0.315 e. The molecule has 0 aliphatic heterocycles. The van der Waals surface area contributed by atoms with Crippen molar-refractivity contribution < 1.29 is 19.2 Å². The molecule has 19 heavy (non-hydrogen) atoms. The van der Waals surface area contributed by atoms with Crippen LogP contribution in [0.15, 0.2) is 4.52 Å². The molecule has 0 radical (unpaired) electrons. The Morgan fingerprint density at radius 3 is 2.58 bits per heavy atom. The van der Waals surface area contributed by atoms with Gasteiger partial charge in [-0.15, -0.1) is 0 Å². The molecule has 2 amide bonds. The number of aryl methyl sites for hydroxylation is 2. The van der Waals surface area contributed by atoms with Crippen LogP contribution in [0.1, 0.15) is 30.4 Å². The lowest BCUT2D eigenvalue weighted by Crippen LogP contribution is -2.37. The fourth-order valence-electron chi connectivity index (χ4n) is 1.62. The van der Waals surface area contributed by atoms with E-state index in [0.29, 0.717) is 18.8 Å². The highest BCUT2D eigenvalue weighted by Gasteiger charge is 2.11. The highest BCUT2D eigenvalue weighted by atomic mass is 16.5. The number of rotatable bonds is 6. The second kappa shape index (κ2) is 6.77. The molecule has 0 spiro atoms.